The number of halogens is 3. The molecule has 0 aliphatic carbocycles. The van der Waals surface area contributed by atoms with Crippen molar-refractivity contribution in [3.8, 4) is 22.8 Å². The molecule has 1 aliphatic rings. The first kappa shape index (κ1) is 32.7. The van der Waals surface area contributed by atoms with E-state index in [2.05, 4.69) is 39.0 Å². The van der Waals surface area contributed by atoms with Crippen molar-refractivity contribution in [2.45, 2.75) is 58.9 Å². The van der Waals surface area contributed by atoms with Crippen LogP contribution in [-0.2, 0) is 11.2 Å². The molecule has 1 fully saturated rings. The van der Waals surface area contributed by atoms with Gasteiger partial charge in [-0.05, 0) is 79.6 Å². The Labute approximate surface area is 268 Å². The quantitative estimate of drug-likeness (QED) is 0.202. The molecular weight excluding hydrogens is 617 g/mol. The fourth-order valence-electron chi connectivity index (χ4n) is 5.22. The number of nitrogens with one attached hydrogen (secondary N) is 1. The Morgan fingerprint density at radius 3 is 2.46 bits per heavy atom. The number of rotatable bonds is 9. The van der Waals surface area contributed by atoms with Crippen molar-refractivity contribution >= 4 is 34.6 Å². The van der Waals surface area contributed by atoms with E-state index in [4.69, 9.17) is 0 Å². The van der Waals surface area contributed by atoms with Gasteiger partial charge < -0.3 is 10.1 Å². The Hall–Kier alpha value is -4.65. The molecular formula is C33H33F3N6O3S. The van der Waals surface area contributed by atoms with Crippen LogP contribution in [0.1, 0.15) is 49.8 Å². The molecule has 1 aliphatic heterocycles. The maximum Gasteiger partial charge on any atom is 0.573 e. The van der Waals surface area contributed by atoms with Gasteiger partial charge in [0.25, 0.3) is 0 Å². The van der Waals surface area contributed by atoms with Crippen LogP contribution in [0.15, 0.2) is 78.0 Å². The molecule has 2 heterocycles. The topological polar surface area (TPSA) is 102 Å². The molecule has 0 spiro atoms. The SMILES string of the molecule is Cc1cccc(N2C(=O)CS/C2=N\C(=O)NC(C)CCc2ccc(-c3ncn(-c4ccc(OC(F)(F)F)cc4)n3)cc2)c1C(C)C. The second kappa shape index (κ2) is 13.8. The molecule has 1 atom stereocenters. The molecule has 1 unspecified atom stereocenters. The predicted octanol–water partition coefficient (Wildman–Crippen LogP) is 7.43. The predicted molar refractivity (Wildman–Crippen MR) is 172 cm³/mol. The standard InChI is InChI=1S/C33H33F3N6O3S/c1-20(2)29-21(3)6-5-7-27(29)42-28(43)18-46-32(42)39-31(44)38-22(4)8-9-23-10-12-24(13-11-23)30-37-19-41(40-30)25-14-16-26(17-15-25)45-33(34,35)36/h5-7,10-17,19-20,22H,8-9,18H2,1-4H3,(H,38,44)/b39-32-. The van der Waals surface area contributed by atoms with Gasteiger partial charge >= 0.3 is 12.4 Å². The summed E-state index contributed by atoms with van der Waals surface area (Å²) >= 11 is 1.26. The molecule has 240 valence electrons. The average molecular weight is 651 g/mol. The van der Waals surface area contributed by atoms with Crippen LogP contribution >= 0.6 is 11.8 Å². The van der Waals surface area contributed by atoms with E-state index in [9.17, 15) is 22.8 Å². The minimum absolute atomic E-state index is 0.101. The number of aromatic nitrogens is 3. The number of carbonyl (C=O) groups excluding carboxylic acids is 2. The van der Waals surface area contributed by atoms with Gasteiger partial charge in [0.15, 0.2) is 11.0 Å². The second-order valence-corrected chi connectivity index (χ2v) is 12.2. The maximum atomic E-state index is 12.9. The molecule has 1 N–H and O–H groups in total. The van der Waals surface area contributed by atoms with Gasteiger partial charge in [0.1, 0.15) is 12.1 Å². The molecule has 9 nitrogen and oxygen atoms in total. The number of hydrogen-bond acceptors (Lipinski definition) is 6. The van der Waals surface area contributed by atoms with Crippen LogP contribution in [0.25, 0.3) is 17.1 Å². The average Bonchev–Trinajstić information content (AvgIpc) is 3.62. The van der Waals surface area contributed by atoms with E-state index in [1.165, 1.54) is 47.0 Å². The monoisotopic (exact) mass is 650 g/mol. The maximum absolute atomic E-state index is 12.9. The Balaban J connectivity index is 1.16. The van der Waals surface area contributed by atoms with E-state index in [0.29, 0.717) is 29.5 Å². The first-order valence-electron chi connectivity index (χ1n) is 14.7. The minimum Gasteiger partial charge on any atom is -0.406 e. The molecule has 0 radical (unpaired) electrons. The summed E-state index contributed by atoms with van der Waals surface area (Å²) in [5.74, 6) is 0.473. The number of thioether (sulfide) groups is 1. The first-order valence-corrected chi connectivity index (χ1v) is 15.7. The molecule has 46 heavy (non-hydrogen) atoms. The zero-order valence-electron chi connectivity index (χ0n) is 25.7. The summed E-state index contributed by atoms with van der Waals surface area (Å²) in [6.45, 7) is 8.08. The molecule has 3 aromatic carbocycles. The summed E-state index contributed by atoms with van der Waals surface area (Å²) in [4.78, 5) is 35.8. The summed E-state index contributed by atoms with van der Waals surface area (Å²) in [5, 5.41) is 7.73. The van der Waals surface area contributed by atoms with Gasteiger partial charge in [0.2, 0.25) is 5.91 Å². The highest BCUT2D eigenvalue weighted by Crippen LogP contribution is 2.35. The van der Waals surface area contributed by atoms with Crippen molar-refractivity contribution in [1.82, 2.24) is 20.1 Å². The first-order chi connectivity index (χ1) is 21.9. The number of ether oxygens (including phenoxy) is 1. The molecule has 13 heteroatoms. The van der Waals surface area contributed by atoms with E-state index < -0.39 is 12.4 Å². The zero-order valence-corrected chi connectivity index (χ0v) is 26.5. The van der Waals surface area contributed by atoms with Crippen molar-refractivity contribution in [3.05, 3.63) is 89.7 Å². The normalized spacial score (nSPS) is 15.1. The number of urea groups is 1. The van der Waals surface area contributed by atoms with Gasteiger partial charge in [0, 0.05) is 11.6 Å². The second-order valence-electron chi connectivity index (χ2n) is 11.2. The van der Waals surface area contributed by atoms with E-state index in [0.717, 1.165) is 27.9 Å². The summed E-state index contributed by atoms with van der Waals surface area (Å²) in [6, 6.07) is 18.2. The van der Waals surface area contributed by atoms with Gasteiger partial charge in [-0.25, -0.2) is 14.5 Å². The molecule has 0 saturated carbocycles. The van der Waals surface area contributed by atoms with Crippen LogP contribution in [0, 0.1) is 6.92 Å². The van der Waals surface area contributed by atoms with Crippen LogP contribution in [0.4, 0.5) is 23.7 Å². The number of nitrogens with zero attached hydrogens (tertiary/aromatic N) is 5. The van der Waals surface area contributed by atoms with Crippen LogP contribution in [0.3, 0.4) is 0 Å². The molecule has 5 rings (SSSR count). The van der Waals surface area contributed by atoms with Crippen LogP contribution in [-0.4, -0.2) is 50.0 Å². The number of carbonyl (C=O) groups is 2. The van der Waals surface area contributed by atoms with Gasteiger partial charge in [-0.3, -0.25) is 9.69 Å². The number of hydrogen-bond donors (Lipinski definition) is 1. The lowest BCUT2D eigenvalue weighted by Crippen LogP contribution is -2.34. The van der Waals surface area contributed by atoms with Crippen molar-refractivity contribution in [3.63, 3.8) is 0 Å². The Kier molecular flexibility index (Phi) is 9.80. The highest BCUT2D eigenvalue weighted by atomic mass is 32.2. The number of benzene rings is 3. The number of alkyl halides is 3. The van der Waals surface area contributed by atoms with Gasteiger partial charge in [-0.2, -0.15) is 4.99 Å². The molecule has 3 amide bonds. The molecule has 4 aromatic rings. The van der Waals surface area contributed by atoms with E-state index in [1.807, 2.05) is 56.3 Å². The van der Waals surface area contributed by atoms with Gasteiger partial charge in [0.05, 0.1) is 17.1 Å². The van der Waals surface area contributed by atoms with Crippen molar-refractivity contribution in [2.75, 3.05) is 10.7 Å². The summed E-state index contributed by atoms with van der Waals surface area (Å²) in [6.07, 6.45) is -1.90. The number of amides is 3. The molecule has 1 saturated heterocycles. The van der Waals surface area contributed by atoms with E-state index in [-0.39, 0.29) is 29.4 Å². The third kappa shape index (κ3) is 7.94. The number of amidine groups is 1. The van der Waals surface area contributed by atoms with E-state index >= 15 is 0 Å². The summed E-state index contributed by atoms with van der Waals surface area (Å²) < 4.78 is 42.6. The van der Waals surface area contributed by atoms with Gasteiger partial charge in [-0.15, -0.1) is 18.3 Å². The molecule has 1 aromatic heterocycles. The van der Waals surface area contributed by atoms with Crippen molar-refractivity contribution in [1.29, 1.82) is 0 Å². The van der Waals surface area contributed by atoms with Crippen molar-refractivity contribution < 1.29 is 27.5 Å². The number of aryl methyl sites for hydroxylation is 2. The minimum atomic E-state index is -4.76. The Bertz CT molecular complexity index is 1740. The largest absolute Gasteiger partial charge is 0.573 e. The Morgan fingerprint density at radius 2 is 1.78 bits per heavy atom. The lowest BCUT2D eigenvalue weighted by Gasteiger charge is -2.23. The van der Waals surface area contributed by atoms with E-state index in [1.54, 1.807) is 4.90 Å². The summed E-state index contributed by atoms with van der Waals surface area (Å²) in [5.41, 5.74) is 5.28. The smallest absolute Gasteiger partial charge is 0.406 e. The Morgan fingerprint density at radius 1 is 1.07 bits per heavy atom. The lowest BCUT2D eigenvalue weighted by molar-refractivity contribution is -0.274. The lowest BCUT2D eigenvalue weighted by atomic mass is 9.95. The van der Waals surface area contributed by atoms with Crippen LogP contribution in [0.5, 0.6) is 5.75 Å². The number of aliphatic imine (C=N–C) groups is 1. The third-order valence-electron chi connectivity index (χ3n) is 7.36. The third-order valence-corrected chi connectivity index (χ3v) is 8.28. The highest BCUT2D eigenvalue weighted by molar-refractivity contribution is 8.15. The van der Waals surface area contributed by atoms with Crippen molar-refractivity contribution in [2.24, 2.45) is 4.99 Å². The molecule has 0 bridgehead atoms. The number of anilines is 1. The van der Waals surface area contributed by atoms with Crippen LogP contribution < -0.4 is 15.0 Å². The van der Waals surface area contributed by atoms with Gasteiger partial charge in [-0.1, -0.05) is 62.0 Å². The zero-order chi connectivity index (χ0) is 33.0. The summed E-state index contributed by atoms with van der Waals surface area (Å²) in [7, 11) is 0. The fourth-order valence-corrected chi connectivity index (χ4v) is 6.08. The van der Waals surface area contributed by atoms with Crippen LogP contribution in [0.2, 0.25) is 0 Å². The highest BCUT2D eigenvalue weighted by Gasteiger charge is 2.33. The fraction of sp³-hybridized carbons (Fsp3) is 0.303.